The highest BCUT2D eigenvalue weighted by molar-refractivity contribution is 9.10. The molecule has 1 heterocycles. The van der Waals surface area contributed by atoms with Gasteiger partial charge in [-0.1, -0.05) is 37.9 Å². The van der Waals surface area contributed by atoms with Crippen molar-refractivity contribution < 1.29 is 9.84 Å². The third-order valence-electron chi connectivity index (χ3n) is 5.68. The number of unbranched alkanes of at least 4 members (excludes halogenated alkanes) is 2. The Labute approximate surface area is 211 Å². The molecule has 0 spiro atoms. The summed E-state index contributed by atoms with van der Waals surface area (Å²) in [5.74, 6) is 0.834. The summed E-state index contributed by atoms with van der Waals surface area (Å²) >= 11 is 7.17. The minimum absolute atomic E-state index is 0.439. The molecule has 0 saturated heterocycles. The second kappa shape index (κ2) is 11.4. The van der Waals surface area contributed by atoms with Crippen LogP contribution in [0.5, 0.6) is 5.75 Å². The van der Waals surface area contributed by atoms with E-state index in [2.05, 4.69) is 66.0 Å². The number of rotatable bonds is 11. The molecular formula is C26H29Br2N3O2. The smallest absolute Gasteiger partial charge is 0.121 e. The number of aliphatic hydroxyl groups excluding tert-OH is 1. The molecule has 5 nitrogen and oxygen atoms in total. The number of hydrogen-bond donors (Lipinski definition) is 3. The molecule has 0 amide bonds. The number of fused-ring (bicyclic) bond motifs is 3. The van der Waals surface area contributed by atoms with Gasteiger partial charge in [0.15, 0.2) is 0 Å². The lowest BCUT2D eigenvalue weighted by atomic mass is 10.2. The third kappa shape index (κ3) is 6.09. The minimum Gasteiger partial charge on any atom is -0.494 e. The van der Waals surface area contributed by atoms with Crippen molar-refractivity contribution in [3.05, 3.63) is 69.6 Å². The summed E-state index contributed by atoms with van der Waals surface area (Å²) in [6.45, 7) is 2.35. The average Bonchev–Trinajstić information content (AvgIpc) is 3.10. The zero-order chi connectivity index (χ0) is 23.2. The Morgan fingerprint density at radius 1 is 0.909 bits per heavy atom. The van der Waals surface area contributed by atoms with E-state index in [0.29, 0.717) is 19.7 Å². The standard InChI is InChI=1S/C26H29Br2N3O2/c27-18-7-9-25-23(13-18)24-14-19(28)8-10-26(24)31(25)17-21(32)16-30-20-5-4-6-22(15-20)33-12-3-1-2-11-29/h4-10,13-15,21,30,32H,1-3,11-12,16-17,29H2. The van der Waals surface area contributed by atoms with Gasteiger partial charge in [0.1, 0.15) is 5.75 Å². The monoisotopic (exact) mass is 573 g/mol. The van der Waals surface area contributed by atoms with Crippen LogP contribution in [0, 0.1) is 0 Å². The molecule has 174 valence electrons. The van der Waals surface area contributed by atoms with E-state index in [1.54, 1.807) is 0 Å². The van der Waals surface area contributed by atoms with Crippen molar-refractivity contribution in [2.45, 2.75) is 31.9 Å². The van der Waals surface area contributed by atoms with E-state index in [4.69, 9.17) is 10.5 Å². The molecule has 0 bridgehead atoms. The number of ether oxygens (including phenoxy) is 1. The van der Waals surface area contributed by atoms with Gasteiger partial charge in [0, 0.05) is 49.0 Å². The zero-order valence-corrected chi connectivity index (χ0v) is 21.6. The summed E-state index contributed by atoms with van der Waals surface area (Å²) in [6.07, 6.45) is 2.55. The summed E-state index contributed by atoms with van der Waals surface area (Å²) < 4.78 is 10.1. The number of nitrogens with two attached hydrogens (primary N) is 1. The van der Waals surface area contributed by atoms with Crippen LogP contribution in [0.4, 0.5) is 5.69 Å². The summed E-state index contributed by atoms with van der Waals surface area (Å²) in [6, 6.07) is 20.4. The SMILES string of the molecule is NCCCCCOc1cccc(NCC(O)Cn2c3ccc(Br)cc3c3cc(Br)ccc32)c1. The molecule has 0 saturated carbocycles. The van der Waals surface area contributed by atoms with E-state index < -0.39 is 6.10 Å². The first kappa shape index (κ1) is 24.1. The third-order valence-corrected chi connectivity index (χ3v) is 6.66. The van der Waals surface area contributed by atoms with Crippen LogP contribution in [-0.4, -0.2) is 35.5 Å². The molecule has 7 heteroatoms. The molecule has 1 unspecified atom stereocenters. The molecule has 4 aromatic rings. The summed E-state index contributed by atoms with van der Waals surface area (Å²) in [5.41, 5.74) is 8.68. The normalized spacial score (nSPS) is 12.4. The van der Waals surface area contributed by atoms with Crippen LogP contribution in [-0.2, 0) is 6.54 Å². The molecule has 0 aliphatic carbocycles. The van der Waals surface area contributed by atoms with E-state index >= 15 is 0 Å². The predicted octanol–water partition coefficient (Wildman–Crippen LogP) is 6.30. The maximum atomic E-state index is 10.9. The van der Waals surface area contributed by atoms with Crippen LogP contribution in [0.1, 0.15) is 19.3 Å². The van der Waals surface area contributed by atoms with Gasteiger partial charge in [0.25, 0.3) is 0 Å². The summed E-state index contributed by atoms with van der Waals surface area (Å²) in [7, 11) is 0. The van der Waals surface area contributed by atoms with Crippen molar-refractivity contribution in [3.63, 3.8) is 0 Å². The largest absolute Gasteiger partial charge is 0.494 e. The van der Waals surface area contributed by atoms with Crippen LogP contribution >= 0.6 is 31.9 Å². The number of benzene rings is 3. The first-order valence-electron chi connectivity index (χ1n) is 11.3. The highest BCUT2D eigenvalue weighted by Gasteiger charge is 2.14. The molecule has 0 fully saturated rings. The van der Waals surface area contributed by atoms with Crippen molar-refractivity contribution in [1.82, 2.24) is 4.57 Å². The Bertz CT molecular complexity index is 1170. The summed E-state index contributed by atoms with van der Waals surface area (Å²) in [5, 5.41) is 16.5. The van der Waals surface area contributed by atoms with E-state index in [9.17, 15) is 5.11 Å². The Morgan fingerprint density at radius 2 is 1.61 bits per heavy atom. The number of hydrogen-bond acceptors (Lipinski definition) is 4. The van der Waals surface area contributed by atoms with Gasteiger partial charge in [-0.15, -0.1) is 0 Å². The van der Waals surface area contributed by atoms with Gasteiger partial charge in [-0.25, -0.2) is 0 Å². The Hall–Kier alpha value is -2.06. The van der Waals surface area contributed by atoms with Crippen molar-refractivity contribution >= 4 is 59.4 Å². The van der Waals surface area contributed by atoms with Gasteiger partial charge in [-0.3, -0.25) is 0 Å². The Morgan fingerprint density at radius 3 is 2.27 bits per heavy atom. The highest BCUT2D eigenvalue weighted by Crippen LogP contribution is 2.33. The topological polar surface area (TPSA) is 72.4 Å². The van der Waals surface area contributed by atoms with Gasteiger partial charge >= 0.3 is 0 Å². The first-order chi connectivity index (χ1) is 16.0. The molecule has 4 rings (SSSR count). The van der Waals surface area contributed by atoms with Gasteiger partial charge in [0.2, 0.25) is 0 Å². The molecule has 3 aromatic carbocycles. The lowest BCUT2D eigenvalue weighted by Crippen LogP contribution is -2.24. The van der Waals surface area contributed by atoms with Crippen molar-refractivity contribution in [2.24, 2.45) is 5.73 Å². The fraction of sp³-hybridized carbons (Fsp3) is 0.308. The molecule has 1 aromatic heterocycles. The van der Waals surface area contributed by atoms with Crippen molar-refractivity contribution in [1.29, 1.82) is 0 Å². The lowest BCUT2D eigenvalue weighted by molar-refractivity contribution is 0.169. The fourth-order valence-corrected chi connectivity index (χ4v) is 4.79. The summed E-state index contributed by atoms with van der Waals surface area (Å²) in [4.78, 5) is 0. The molecule has 33 heavy (non-hydrogen) atoms. The van der Waals surface area contributed by atoms with Gasteiger partial charge in [0.05, 0.1) is 19.3 Å². The Kier molecular flexibility index (Phi) is 8.30. The lowest BCUT2D eigenvalue weighted by Gasteiger charge is -2.16. The molecule has 0 aliphatic rings. The minimum atomic E-state index is -0.558. The number of halogens is 2. The van der Waals surface area contributed by atoms with E-state index in [-0.39, 0.29) is 0 Å². The van der Waals surface area contributed by atoms with Crippen LogP contribution in [0.25, 0.3) is 21.8 Å². The molecule has 4 N–H and O–H groups in total. The molecule has 1 atom stereocenters. The second-order valence-electron chi connectivity index (χ2n) is 8.19. The van der Waals surface area contributed by atoms with Crippen LogP contribution in [0.3, 0.4) is 0 Å². The van der Waals surface area contributed by atoms with Gasteiger partial charge in [-0.05, 0) is 74.3 Å². The number of aliphatic hydroxyl groups is 1. The highest BCUT2D eigenvalue weighted by atomic mass is 79.9. The van der Waals surface area contributed by atoms with Crippen LogP contribution < -0.4 is 15.8 Å². The van der Waals surface area contributed by atoms with E-state index in [0.717, 1.165) is 68.0 Å². The van der Waals surface area contributed by atoms with Crippen LogP contribution in [0.15, 0.2) is 69.6 Å². The number of nitrogens with one attached hydrogen (secondary N) is 1. The number of aromatic nitrogens is 1. The quantitative estimate of drug-likeness (QED) is 0.184. The van der Waals surface area contributed by atoms with E-state index in [1.807, 2.05) is 36.4 Å². The molecular weight excluding hydrogens is 546 g/mol. The first-order valence-corrected chi connectivity index (χ1v) is 12.9. The Balaban J connectivity index is 1.42. The molecule has 0 aliphatic heterocycles. The van der Waals surface area contributed by atoms with Gasteiger partial charge in [-0.2, -0.15) is 0 Å². The fourth-order valence-electron chi connectivity index (χ4n) is 4.07. The number of anilines is 1. The predicted molar refractivity (Wildman–Crippen MR) is 144 cm³/mol. The van der Waals surface area contributed by atoms with Crippen molar-refractivity contribution in [3.8, 4) is 5.75 Å². The zero-order valence-electron chi connectivity index (χ0n) is 18.4. The van der Waals surface area contributed by atoms with E-state index in [1.165, 1.54) is 0 Å². The maximum Gasteiger partial charge on any atom is 0.121 e. The number of nitrogens with zero attached hydrogens (tertiary/aromatic N) is 1. The maximum absolute atomic E-state index is 10.9. The van der Waals surface area contributed by atoms with Gasteiger partial charge < -0.3 is 25.5 Å². The van der Waals surface area contributed by atoms with Crippen LogP contribution in [0.2, 0.25) is 0 Å². The van der Waals surface area contributed by atoms with Crippen molar-refractivity contribution in [2.75, 3.05) is 25.0 Å². The second-order valence-corrected chi connectivity index (χ2v) is 10.0. The molecule has 0 radical (unpaired) electrons. The average molecular weight is 575 g/mol.